The molecule has 6 nitrogen and oxygen atoms in total. The Morgan fingerprint density at radius 1 is 1.35 bits per heavy atom. The zero-order valence-corrected chi connectivity index (χ0v) is 13.5. The van der Waals surface area contributed by atoms with Crippen molar-refractivity contribution in [1.82, 2.24) is 5.16 Å². The number of hydrogen-bond acceptors (Lipinski definition) is 6. The summed E-state index contributed by atoms with van der Waals surface area (Å²) in [6, 6.07) is 9.05. The van der Waals surface area contributed by atoms with Crippen LogP contribution in [0.25, 0.3) is 0 Å². The first-order valence-corrected chi connectivity index (χ1v) is 7.46. The topological polar surface area (TPSA) is 81.8 Å². The lowest BCUT2D eigenvalue weighted by Gasteiger charge is -2.19. The van der Waals surface area contributed by atoms with Crippen LogP contribution in [0.4, 0.5) is 0 Å². The smallest absolute Gasteiger partial charge is 0.360 e. The molecular formula is C17H21NO5. The van der Waals surface area contributed by atoms with Crippen molar-refractivity contribution in [2.45, 2.75) is 32.3 Å². The largest absolute Gasteiger partial charge is 0.497 e. The number of aliphatic hydroxyl groups is 1. The highest BCUT2D eigenvalue weighted by Crippen LogP contribution is 2.27. The number of nitrogens with zero attached hydrogens (tertiary/aromatic N) is 1. The van der Waals surface area contributed by atoms with E-state index in [4.69, 9.17) is 14.0 Å². The number of rotatable bonds is 7. The number of carbonyl (C=O) groups excluding carboxylic acids is 1. The summed E-state index contributed by atoms with van der Waals surface area (Å²) in [4.78, 5) is 11.6. The Balaban J connectivity index is 2.01. The van der Waals surface area contributed by atoms with E-state index in [9.17, 15) is 9.90 Å². The van der Waals surface area contributed by atoms with Crippen molar-refractivity contribution in [2.24, 2.45) is 0 Å². The standard InChI is InChI=1S/C17H21NO5/c1-4-22-16(19)14-11-15(23-18-14)17(2,20)10-9-12-5-7-13(21-3)8-6-12/h5-8,11,20H,4,9-10H2,1-3H3. The summed E-state index contributed by atoms with van der Waals surface area (Å²) in [5.41, 5.74) is -0.0970. The molecule has 1 N–H and O–H groups in total. The number of benzene rings is 1. The van der Waals surface area contributed by atoms with Gasteiger partial charge in [-0.25, -0.2) is 4.79 Å². The van der Waals surface area contributed by atoms with Crippen LogP contribution in [0.1, 0.15) is 42.1 Å². The van der Waals surface area contributed by atoms with Gasteiger partial charge in [0, 0.05) is 6.07 Å². The van der Waals surface area contributed by atoms with E-state index in [0.29, 0.717) is 12.8 Å². The lowest BCUT2D eigenvalue weighted by Crippen LogP contribution is -2.21. The number of carbonyl (C=O) groups is 1. The number of aromatic nitrogens is 1. The van der Waals surface area contributed by atoms with Gasteiger partial charge >= 0.3 is 5.97 Å². The van der Waals surface area contributed by atoms with Gasteiger partial charge in [-0.1, -0.05) is 17.3 Å². The van der Waals surface area contributed by atoms with Crippen molar-refractivity contribution < 1.29 is 23.9 Å². The summed E-state index contributed by atoms with van der Waals surface area (Å²) in [5, 5.41) is 14.2. The molecule has 1 aromatic heterocycles. The van der Waals surface area contributed by atoms with Crippen molar-refractivity contribution in [3.8, 4) is 5.75 Å². The average molecular weight is 319 g/mol. The van der Waals surface area contributed by atoms with Crippen LogP contribution in [-0.4, -0.2) is 29.9 Å². The molecule has 0 saturated heterocycles. The van der Waals surface area contributed by atoms with Crippen molar-refractivity contribution in [3.05, 3.63) is 47.3 Å². The van der Waals surface area contributed by atoms with Gasteiger partial charge in [0.15, 0.2) is 11.5 Å². The molecule has 0 aliphatic rings. The van der Waals surface area contributed by atoms with Crippen LogP contribution in [-0.2, 0) is 16.8 Å². The number of ether oxygens (including phenoxy) is 2. The van der Waals surface area contributed by atoms with E-state index in [1.807, 2.05) is 24.3 Å². The second-order valence-electron chi connectivity index (χ2n) is 5.42. The van der Waals surface area contributed by atoms with Gasteiger partial charge in [0.05, 0.1) is 13.7 Å². The van der Waals surface area contributed by atoms with Gasteiger partial charge < -0.3 is 19.1 Å². The van der Waals surface area contributed by atoms with E-state index in [0.717, 1.165) is 11.3 Å². The predicted octanol–water partition coefficient (Wildman–Crippen LogP) is 2.70. The summed E-state index contributed by atoms with van der Waals surface area (Å²) < 4.78 is 15.1. The summed E-state index contributed by atoms with van der Waals surface area (Å²) in [7, 11) is 1.62. The van der Waals surface area contributed by atoms with E-state index in [-0.39, 0.29) is 18.1 Å². The van der Waals surface area contributed by atoms with Gasteiger partial charge in [-0.2, -0.15) is 0 Å². The van der Waals surface area contributed by atoms with Crippen LogP contribution >= 0.6 is 0 Å². The molecule has 0 bridgehead atoms. The molecule has 0 aliphatic heterocycles. The highest BCUT2D eigenvalue weighted by molar-refractivity contribution is 5.87. The van der Waals surface area contributed by atoms with Gasteiger partial charge in [-0.05, 0) is 44.4 Å². The Morgan fingerprint density at radius 2 is 2.04 bits per heavy atom. The Hall–Kier alpha value is -2.34. The molecule has 1 atom stereocenters. The molecule has 0 saturated carbocycles. The monoisotopic (exact) mass is 319 g/mol. The van der Waals surface area contributed by atoms with E-state index >= 15 is 0 Å². The zero-order chi connectivity index (χ0) is 16.9. The van der Waals surface area contributed by atoms with E-state index in [2.05, 4.69) is 5.16 Å². The zero-order valence-electron chi connectivity index (χ0n) is 13.5. The molecule has 0 spiro atoms. The Morgan fingerprint density at radius 3 is 2.65 bits per heavy atom. The molecule has 2 aromatic rings. The highest BCUT2D eigenvalue weighted by atomic mass is 16.5. The second-order valence-corrected chi connectivity index (χ2v) is 5.42. The van der Waals surface area contributed by atoms with Gasteiger partial charge in [0.1, 0.15) is 11.4 Å². The summed E-state index contributed by atoms with van der Waals surface area (Å²) in [5.74, 6) is 0.470. The van der Waals surface area contributed by atoms with Crippen molar-refractivity contribution in [3.63, 3.8) is 0 Å². The van der Waals surface area contributed by atoms with E-state index in [1.54, 1.807) is 21.0 Å². The molecule has 0 amide bonds. The van der Waals surface area contributed by atoms with Crippen molar-refractivity contribution in [1.29, 1.82) is 0 Å². The number of hydrogen-bond donors (Lipinski definition) is 1. The third-order valence-corrected chi connectivity index (χ3v) is 3.59. The first kappa shape index (κ1) is 17.0. The van der Waals surface area contributed by atoms with Gasteiger partial charge in [-0.3, -0.25) is 0 Å². The lowest BCUT2D eigenvalue weighted by atomic mass is 9.94. The van der Waals surface area contributed by atoms with E-state index in [1.165, 1.54) is 6.07 Å². The molecule has 23 heavy (non-hydrogen) atoms. The first-order chi connectivity index (χ1) is 11.0. The van der Waals surface area contributed by atoms with Crippen LogP contribution < -0.4 is 4.74 Å². The molecule has 0 radical (unpaired) electrons. The van der Waals surface area contributed by atoms with Crippen LogP contribution in [0.3, 0.4) is 0 Å². The third kappa shape index (κ3) is 4.32. The normalized spacial score (nSPS) is 13.4. The maximum absolute atomic E-state index is 11.6. The fourth-order valence-corrected chi connectivity index (χ4v) is 2.13. The molecule has 0 aliphatic carbocycles. The van der Waals surface area contributed by atoms with Crippen molar-refractivity contribution in [2.75, 3.05) is 13.7 Å². The maximum Gasteiger partial charge on any atom is 0.360 e. The summed E-state index contributed by atoms with van der Waals surface area (Å²) >= 11 is 0. The van der Waals surface area contributed by atoms with Gasteiger partial charge in [0.25, 0.3) is 0 Å². The minimum Gasteiger partial charge on any atom is -0.497 e. The summed E-state index contributed by atoms with van der Waals surface area (Å²) in [6.07, 6.45) is 1.07. The Labute approximate surface area is 135 Å². The van der Waals surface area contributed by atoms with Crippen LogP contribution in [0.2, 0.25) is 0 Å². The molecule has 124 valence electrons. The quantitative estimate of drug-likeness (QED) is 0.790. The van der Waals surface area contributed by atoms with Crippen molar-refractivity contribution >= 4 is 5.97 Å². The number of aryl methyl sites for hydroxylation is 1. The number of methoxy groups -OCH3 is 1. The minimum atomic E-state index is -1.22. The molecular weight excluding hydrogens is 298 g/mol. The lowest BCUT2D eigenvalue weighted by molar-refractivity contribution is 0.0197. The summed E-state index contributed by atoms with van der Waals surface area (Å²) in [6.45, 7) is 3.60. The average Bonchev–Trinajstić information content (AvgIpc) is 3.05. The van der Waals surface area contributed by atoms with Gasteiger partial charge in [-0.15, -0.1) is 0 Å². The predicted molar refractivity (Wildman–Crippen MR) is 83.3 cm³/mol. The molecule has 0 fully saturated rings. The fourth-order valence-electron chi connectivity index (χ4n) is 2.13. The molecule has 6 heteroatoms. The highest BCUT2D eigenvalue weighted by Gasteiger charge is 2.29. The first-order valence-electron chi connectivity index (χ1n) is 7.46. The van der Waals surface area contributed by atoms with E-state index < -0.39 is 11.6 Å². The SMILES string of the molecule is CCOC(=O)c1cc(C(C)(O)CCc2ccc(OC)cc2)on1. The molecule has 1 unspecified atom stereocenters. The van der Waals surface area contributed by atoms with Crippen LogP contribution in [0, 0.1) is 0 Å². The second kappa shape index (κ2) is 7.28. The number of esters is 1. The Bertz CT molecular complexity index is 645. The minimum absolute atomic E-state index is 0.0616. The molecule has 1 heterocycles. The Kier molecular flexibility index (Phi) is 5.39. The molecule has 1 aromatic carbocycles. The van der Waals surface area contributed by atoms with Crippen LogP contribution in [0.5, 0.6) is 5.75 Å². The van der Waals surface area contributed by atoms with Gasteiger partial charge in [0.2, 0.25) is 0 Å². The third-order valence-electron chi connectivity index (χ3n) is 3.59. The maximum atomic E-state index is 11.6. The fraction of sp³-hybridized carbons (Fsp3) is 0.412. The van der Waals surface area contributed by atoms with Crippen LogP contribution in [0.15, 0.2) is 34.9 Å². The molecule has 2 rings (SSSR count).